The Morgan fingerprint density at radius 1 is 0.957 bits per heavy atom. The summed E-state index contributed by atoms with van der Waals surface area (Å²) in [5.74, 6) is 1.59. The number of ether oxygens (including phenoxy) is 2. The highest BCUT2D eigenvalue weighted by Crippen LogP contribution is 2.32. The average Bonchev–Trinajstić information content (AvgIpc) is 3.11. The van der Waals surface area contributed by atoms with Crippen molar-refractivity contribution in [3.63, 3.8) is 0 Å². The maximum atomic E-state index is 10.4. The number of hydrogen-bond acceptors (Lipinski definition) is 6. The van der Waals surface area contributed by atoms with E-state index in [2.05, 4.69) is 10.2 Å². The first-order chi connectivity index (χ1) is 11.2. The number of aliphatic hydroxyl groups excluding tert-OH is 1. The molecule has 6 nitrogen and oxygen atoms in total. The Morgan fingerprint density at radius 2 is 1.70 bits per heavy atom. The van der Waals surface area contributed by atoms with E-state index in [9.17, 15) is 5.11 Å². The highest BCUT2D eigenvalue weighted by atomic mass is 16.5. The van der Waals surface area contributed by atoms with Gasteiger partial charge in [0, 0.05) is 5.56 Å². The van der Waals surface area contributed by atoms with E-state index in [1.807, 2.05) is 30.3 Å². The second-order valence-electron chi connectivity index (χ2n) is 4.83. The van der Waals surface area contributed by atoms with E-state index in [4.69, 9.17) is 13.9 Å². The zero-order valence-corrected chi connectivity index (χ0v) is 12.8. The number of aliphatic hydroxyl groups is 1. The number of nitrogens with zero attached hydrogens (tertiary/aromatic N) is 2. The van der Waals surface area contributed by atoms with Crippen molar-refractivity contribution in [2.45, 2.75) is 6.10 Å². The molecule has 118 valence electrons. The van der Waals surface area contributed by atoms with Gasteiger partial charge in [-0.15, -0.1) is 10.2 Å². The molecule has 0 aliphatic rings. The zero-order valence-electron chi connectivity index (χ0n) is 12.8. The van der Waals surface area contributed by atoms with E-state index < -0.39 is 6.10 Å². The van der Waals surface area contributed by atoms with Gasteiger partial charge in [-0.1, -0.05) is 24.3 Å². The topological polar surface area (TPSA) is 77.6 Å². The number of aromatic nitrogens is 2. The summed E-state index contributed by atoms with van der Waals surface area (Å²) in [5.41, 5.74) is 1.37. The van der Waals surface area contributed by atoms with Gasteiger partial charge in [-0.25, -0.2) is 0 Å². The molecule has 0 bridgehead atoms. The molecule has 0 unspecified atom stereocenters. The molecule has 2 aromatic carbocycles. The van der Waals surface area contributed by atoms with Gasteiger partial charge in [0.2, 0.25) is 11.8 Å². The van der Waals surface area contributed by atoms with Gasteiger partial charge in [0.15, 0.2) is 17.6 Å². The van der Waals surface area contributed by atoms with Crippen LogP contribution < -0.4 is 9.47 Å². The normalized spacial score (nSPS) is 12.0. The molecule has 0 amide bonds. The first-order valence-corrected chi connectivity index (χ1v) is 7.01. The molecule has 0 saturated carbocycles. The molecule has 3 rings (SSSR count). The number of methoxy groups -OCH3 is 2. The number of hydrogen-bond donors (Lipinski definition) is 1. The summed E-state index contributed by atoms with van der Waals surface area (Å²) < 4.78 is 16.0. The quantitative estimate of drug-likeness (QED) is 0.780. The Hall–Kier alpha value is -2.86. The summed E-state index contributed by atoms with van der Waals surface area (Å²) in [6, 6.07) is 14.5. The van der Waals surface area contributed by atoms with E-state index in [1.54, 1.807) is 25.3 Å². The molecule has 0 radical (unpaired) electrons. The lowest BCUT2D eigenvalue weighted by molar-refractivity contribution is 0.183. The fourth-order valence-electron chi connectivity index (χ4n) is 2.21. The Kier molecular flexibility index (Phi) is 4.25. The molecular formula is C17H16N2O4. The molecule has 0 aliphatic heterocycles. The smallest absolute Gasteiger partial charge is 0.249 e. The van der Waals surface area contributed by atoms with Crippen molar-refractivity contribution < 1.29 is 19.0 Å². The predicted molar refractivity (Wildman–Crippen MR) is 83.3 cm³/mol. The van der Waals surface area contributed by atoms with Gasteiger partial charge in [0.05, 0.1) is 14.2 Å². The van der Waals surface area contributed by atoms with Crippen molar-refractivity contribution in [3.05, 3.63) is 60.0 Å². The second-order valence-corrected chi connectivity index (χ2v) is 4.83. The van der Waals surface area contributed by atoms with Crippen LogP contribution in [0.2, 0.25) is 0 Å². The fourth-order valence-corrected chi connectivity index (χ4v) is 2.21. The standard InChI is InChI=1S/C17H16N2O4/c1-21-13-9-8-12(10-14(13)22-2)15(20)17-19-18-16(23-17)11-6-4-3-5-7-11/h3-10,15,20H,1-2H3/t15-/m1/s1. The molecule has 1 heterocycles. The Morgan fingerprint density at radius 3 is 2.39 bits per heavy atom. The number of benzene rings is 2. The predicted octanol–water partition coefficient (Wildman–Crippen LogP) is 2.84. The summed E-state index contributed by atoms with van der Waals surface area (Å²) in [6.45, 7) is 0. The summed E-state index contributed by atoms with van der Waals surface area (Å²) >= 11 is 0. The maximum Gasteiger partial charge on any atom is 0.249 e. The Labute approximate surface area is 133 Å². The summed E-state index contributed by atoms with van der Waals surface area (Å²) in [6.07, 6.45) is -1.04. The molecule has 3 aromatic rings. The SMILES string of the molecule is COc1ccc([C@@H](O)c2nnc(-c3ccccc3)o2)cc1OC. The van der Waals surface area contributed by atoms with Crippen LogP contribution in [-0.2, 0) is 0 Å². The third-order valence-electron chi connectivity index (χ3n) is 3.42. The van der Waals surface area contributed by atoms with Gasteiger partial charge in [0.1, 0.15) is 0 Å². The molecule has 0 fully saturated rings. The zero-order chi connectivity index (χ0) is 16.2. The third kappa shape index (κ3) is 3.02. The van der Waals surface area contributed by atoms with Crippen LogP contribution in [0.25, 0.3) is 11.5 Å². The molecule has 6 heteroatoms. The lowest BCUT2D eigenvalue weighted by Gasteiger charge is -2.11. The molecule has 1 N–H and O–H groups in total. The minimum Gasteiger partial charge on any atom is -0.493 e. The van der Waals surface area contributed by atoms with Crippen molar-refractivity contribution in [2.75, 3.05) is 14.2 Å². The van der Waals surface area contributed by atoms with Crippen molar-refractivity contribution in [1.29, 1.82) is 0 Å². The largest absolute Gasteiger partial charge is 0.493 e. The molecule has 1 atom stereocenters. The van der Waals surface area contributed by atoms with Crippen LogP contribution in [0, 0.1) is 0 Å². The third-order valence-corrected chi connectivity index (χ3v) is 3.42. The van der Waals surface area contributed by atoms with E-state index >= 15 is 0 Å². The average molecular weight is 312 g/mol. The maximum absolute atomic E-state index is 10.4. The Bertz CT molecular complexity index is 786. The van der Waals surface area contributed by atoms with Gasteiger partial charge >= 0.3 is 0 Å². The van der Waals surface area contributed by atoms with Crippen LogP contribution >= 0.6 is 0 Å². The van der Waals surface area contributed by atoms with E-state index in [0.717, 1.165) is 5.56 Å². The molecule has 0 saturated heterocycles. The van der Waals surface area contributed by atoms with Crippen LogP contribution in [0.4, 0.5) is 0 Å². The second kappa shape index (κ2) is 6.50. The van der Waals surface area contributed by atoms with Crippen molar-refractivity contribution in [1.82, 2.24) is 10.2 Å². The molecule has 23 heavy (non-hydrogen) atoms. The van der Waals surface area contributed by atoms with Gasteiger partial charge < -0.3 is 19.0 Å². The lowest BCUT2D eigenvalue weighted by Crippen LogP contribution is -2.01. The Balaban J connectivity index is 1.89. The molecule has 1 aromatic heterocycles. The molecular weight excluding hydrogens is 296 g/mol. The summed E-state index contributed by atoms with van der Waals surface area (Å²) in [7, 11) is 3.09. The van der Waals surface area contributed by atoms with Crippen molar-refractivity contribution >= 4 is 0 Å². The number of rotatable bonds is 5. The lowest BCUT2D eigenvalue weighted by atomic mass is 10.1. The van der Waals surface area contributed by atoms with Gasteiger partial charge in [-0.05, 0) is 29.8 Å². The first kappa shape index (κ1) is 15.1. The monoisotopic (exact) mass is 312 g/mol. The minimum atomic E-state index is -1.04. The summed E-state index contributed by atoms with van der Waals surface area (Å²) in [4.78, 5) is 0. The minimum absolute atomic E-state index is 0.121. The van der Waals surface area contributed by atoms with Crippen molar-refractivity contribution in [2.24, 2.45) is 0 Å². The molecule has 0 spiro atoms. The highest BCUT2D eigenvalue weighted by molar-refractivity contribution is 5.52. The van der Waals surface area contributed by atoms with Crippen molar-refractivity contribution in [3.8, 4) is 23.0 Å². The summed E-state index contributed by atoms with van der Waals surface area (Å²) in [5, 5.41) is 18.3. The van der Waals surface area contributed by atoms with Crippen LogP contribution in [0.3, 0.4) is 0 Å². The van der Waals surface area contributed by atoms with Crippen LogP contribution in [0.1, 0.15) is 17.6 Å². The van der Waals surface area contributed by atoms with E-state index in [-0.39, 0.29) is 5.89 Å². The van der Waals surface area contributed by atoms with Gasteiger partial charge in [-0.3, -0.25) is 0 Å². The van der Waals surface area contributed by atoms with E-state index in [1.165, 1.54) is 7.11 Å². The van der Waals surface area contributed by atoms with Crippen LogP contribution in [0.15, 0.2) is 52.9 Å². The van der Waals surface area contributed by atoms with Crippen LogP contribution in [-0.4, -0.2) is 29.5 Å². The van der Waals surface area contributed by atoms with Gasteiger partial charge in [0.25, 0.3) is 0 Å². The van der Waals surface area contributed by atoms with Gasteiger partial charge in [-0.2, -0.15) is 0 Å². The van der Waals surface area contributed by atoms with Crippen LogP contribution in [0.5, 0.6) is 11.5 Å². The fraction of sp³-hybridized carbons (Fsp3) is 0.176. The first-order valence-electron chi connectivity index (χ1n) is 7.01. The molecule has 0 aliphatic carbocycles. The highest BCUT2D eigenvalue weighted by Gasteiger charge is 2.20. The van der Waals surface area contributed by atoms with E-state index in [0.29, 0.717) is 23.0 Å².